The van der Waals surface area contributed by atoms with Crippen LogP contribution in [0.2, 0.25) is 0 Å². The Bertz CT molecular complexity index is 966. The van der Waals surface area contributed by atoms with Crippen LogP contribution in [0, 0.1) is 6.92 Å². The molecule has 0 aliphatic carbocycles. The third-order valence-electron chi connectivity index (χ3n) is 3.73. The zero-order valence-electron chi connectivity index (χ0n) is 15.4. The number of rotatable bonds is 8. The number of hydrogen-bond acceptors (Lipinski definition) is 5. The van der Waals surface area contributed by atoms with E-state index in [1.54, 1.807) is 6.07 Å². The predicted molar refractivity (Wildman–Crippen MR) is 96.4 cm³/mol. The normalized spacial score (nSPS) is 11.4. The van der Waals surface area contributed by atoms with Crippen LogP contribution < -0.4 is 10.1 Å². The van der Waals surface area contributed by atoms with Crippen molar-refractivity contribution in [2.45, 2.75) is 26.4 Å². The second-order valence-electron chi connectivity index (χ2n) is 6.14. The molecular formula is C19H18F3N3O4. The van der Waals surface area contributed by atoms with Gasteiger partial charge in [-0.3, -0.25) is 4.79 Å². The number of nitrogens with zero attached hydrogens (tertiary/aromatic N) is 2. The number of aryl methyl sites for hydroxylation is 1. The first-order chi connectivity index (χ1) is 13.8. The average Bonchev–Trinajstić information content (AvgIpc) is 3.30. The van der Waals surface area contributed by atoms with Crippen LogP contribution in [0.5, 0.6) is 5.75 Å². The molecule has 0 saturated carbocycles. The minimum absolute atomic E-state index is 0.0643. The van der Waals surface area contributed by atoms with Crippen LogP contribution in [0.1, 0.15) is 21.9 Å². The SMILES string of the molecule is Cc1ccccc1OCc1ccc(C(=O)Nc2cnn(COCC(F)(F)F)c2)o1. The van der Waals surface area contributed by atoms with Gasteiger partial charge in [-0.25, -0.2) is 4.68 Å². The van der Waals surface area contributed by atoms with Gasteiger partial charge in [-0.15, -0.1) is 0 Å². The molecule has 0 fully saturated rings. The lowest BCUT2D eigenvalue weighted by Crippen LogP contribution is -2.18. The first kappa shape index (κ1) is 20.5. The molecule has 154 valence electrons. The minimum atomic E-state index is -4.41. The molecule has 0 atom stereocenters. The van der Waals surface area contributed by atoms with Gasteiger partial charge in [0.2, 0.25) is 0 Å². The van der Waals surface area contributed by atoms with E-state index in [0.717, 1.165) is 16.0 Å². The van der Waals surface area contributed by atoms with Gasteiger partial charge in [0.25, 0.3) is 5.91 Å². The first-order valence-electron chi connectivity index (χ1n) is 8.55. The summed E-state index contributed by atoms with van der Waals surface area (Å²) in [4.78, 5) is 12.2. The molecule has 0 aliphatic rings. The molecule has 0 radical (unpaired) electrons. The fraction of sp³-hybridized carbons (Fsp3) is 0.263. The zero-order valence-corrected chi connectivity index (χ0v) is 15.4. The molecule has 0 bridgehead atoms. The topological polar surface area (TPSA) is 78.5 Å². The highest BCUT2D eigenvalue weighted by atomic mass is 19.4. The number of anilines is 1. The number of amides is 1. The fourth-order valence-corrected chi connectivity index (χ4v) is 2.39. The summed E-state index contributed by atoms with van der Waals surface area (Å²) in [6, 6.07) is 10.6. The molecule has 3 aromatic rings. The standard InChI is InChI=1S/C19H18F3N3O4/c1-13-4-2-3-5-16(13)28-10-15-6-7-17(29-15)18(26)24-14-8-23-25(9-14)12-27-11-19(20,21)22/h2-9H,10-12H2,1H3,(H,24,26). The molecule has 1 amide bonds. The molecule has 0 spiro atoms. The molecular weight excluding hydrogens is 391 g/mol. The molecule has 3 rings (SSSR count). The summed E-state index contributed by atoms with van der Waals surface area (Å²) in [7, 11) is 0. The van der Waals surface area contributed by atoms with Crippen molar-refractivity contribution in [3.63, 3.8) is 0 Å². The number of nitrogens with one attached hydrogen (secondary N) is 1. The number of benzene rings is 1. The summed E-state index contributed by atoms with van der Waals surface area (Å²) in [5.41, 5.74) is 1.27. The molecule has 0 unspecified atom stereocenters. The van der Waals surface area contributed by atoms with Crippen LogP contribution in [0.4, 0.5) is 18.9 Å². The van der Waals surface area contributed by atoms with Crippen LogP contribution in [0.25, 0.3) is 0 Å². The highest BCUT2D eigenvalue weighted by Gasteiger charge is 2.27. The highest BCUT2D eigenvalue weighted by molar-refractivity contribution is 6.02. The molecule has 2 heterocycles. The van der Waals surface area contributed by atoms with Crippen molar-refractivity contribution in [2.75, 3.05) is 11.9 Å². The minimum Gasteiger partial charge on any atom is -0.485 e. The Morgan fingerprint density at radius 1 is 1.24 bits per heavy atom. The lowest BCUT2D eigenvalue weighted by molar-refractivity contribution is -0.182. The molecule has 1 N–H and O–H groups in total. The molecule has 0 saturated heterocycles. The van der Waals surface area contributed by atoms with Crippen LogP contribution >= 0.6 is 0 Å². The number of alkyl halides is 3. The van der Waals surface area contributed by atoms with Gasteiger partial charge in [0.1, 0.15) is 31.5 Å². The number of ether oxygens (including phenoxy) is 2. The van der Waals surface area contributed by atoms with E-state index >= 15 is 0 Å². The lowest BCUT2D eigenvalue weighted by atomic mass is 10.2. The maximum absolute atomic E-state index is 12.2. The van der Waals surface area contributed by atoms with E-state index in [0.29, 0.717) is 11.4 Å². The lowest BCUT2D eigenvalue weighted by Gasteiger charge is -2.07. The van der Waals surface area contributed by atoms with Crippen LogP contribution in [0.3, 0.4) is 0 Å². The van der Waals surface area contributed by atoms with Gasteiger partial charge in [0.05, 0.1) is 18.1 Å². The average molecular weight is 409 g/mol. The Morgan fingerprint density at radius 3 is 2.79 bits per heavy atom. The molecule has 7 nitrogen and oxygen atoms in total. The van der Waals surface area contributed by atoms with Crippen molar-refractivity contribution in [3.05, 3.63) is 65.9 Å². The number of halogens is 3. The summed E-state index contributed by atoms with van der Waals surface area (Å²) < 4.78 is 53.0. The van der Waals surface area contributed by atoms with Crippen molar-refractivity contribution in [3.8, 4) is 5.75 Å². The largest absolute Gasteiger partial charge is 0.485 e. The van der Waals surface area contributed by atoms with Gasteiger partial charge in [-0.2, -0.15) is 18.3 Å². The van der Waals surface area contributed by atoms with Crippen LogP contribution in [0.15, 0.2) is 53.2 Å². The van der Waals surface area contributed by atoms with E-state index in [4.69, 9.17) is 9.15 Å². The Morgan fingerprint density at radius 2 is 2.03 bits per heavy atom. The summed E-state index contributed by atoms with van der Waals surface area (Å²) in [6.07, 6.45) is -1.77. The summed E-state index contributed by atoms with van der Waals surface area (Å²) >= 11 is 0. The Hall–Kier alpha value is -3.27. The summed E-state index contributed by atoms with van der Waals surface area (Å²) in [5.74, 6) is 0.724. The van der Waals surface area contributed by atoms with E-state index in [-0.39, 0.29) is 12.4 Å². The van der Waals surface area contributed by atoms with Gasteiger partial charge in [-0.1, -0.05) is 18.2 Å². The number of carbonyl (C=O) groups excluding carboxylic acids is 1. The maximum Gasteiger partial charge on any atom is 0.411 e. The summed E-state index contributed by atoms with van der Waals surface area (Å²) in [5, 5.41) is 6.36. The number of aromatic nitrogens is 2. The van der Waals surface area contributed by atoms with E-state index in [1.165, 1.54) is 18.5 Å². The quantitative estimate of drug-likeness (QED) is 0.605. The zero-order chi connectivity index (χ0) is 20.9. The molecule has 10 heteroatoms. The van der Waals surface area contributed by atoms with Crippen molar-refractivity contribution in [1.82, 2.24) is 9.78 Å². The predicted octanol–water partition coefficient (Wildman–Crippen LogP) is 4.15. The number of hydrogen-bond donors (Lipinski definition) is 1. The van der Waals surface area contributed by atoms with Gasteiger partial charge in [0.15, 0.2) is 5.76 Å². The number of furan rings is 1. The van der Waals surface area contributed by atoms with Crippen molar-refractivity contribution >= 4 is 11.6 Å². The molecule has 0 aliphatic heterocycles. The van der Waals surface area contributed by atoms with Crippen LogP contribution in [-0.2, 0) is 18.1 Å². The maximum atomic E-state index is 12.2. The molecule has 1 aromatic carbocycles. The molecule has 29 heavy (non-hydrogen) atoms. The third kappa shape index (κ3) is 6.11. The summed E-state index contributed by atoms with van der Waals surface area (Å²) in [6.45, 7) is 0.308. The van der Waals surface area contributed by atoms with Gasteiger partial charge < -0.3 is 19.2 Å². The van der Waals surface area contributed by atoms with Gasteiger partial charge >= 0.3 is 6.18 Å². The van der Waals surface area contributed by atoms with Crippen LogP contribution in [-0.4, -0.2) is 28.5 Å². The smallest absolute Gasteiger partial charge is 0.411 e. The monoisotopic (exact) mass is 409 g/mol. The van der Waals surface area contributed by atoms with Gasteiger partial charge in [0, 0.05) is 0 Å². The van der Waals surface area contributed by atoms with E-state index in [9.17, 15) is 18.0 Å². The Labute approximate surface area is 164 Å². The molecule has 2 aromatic heterocycles. The Kier molecular flexibility index (Phi) is 6.23. The second kappa shape index (κ2) is 8.82. The highest BCUT2D eigenvalue weighted by Crippen LogP contribution is 2.19. The van der Waals surface area contributed by atoms with Gasteiger partial charge in [-0.05, 0) is 30.7 Å². The first-order valence-corrected chi connectivity index (χ1v) is 8.55. The number of carbonyl (C=O) groups is 1. The Balaban J connectivity index is 1.51. The van der Waals surface area contributed by atoms with Crippen molar-refractivity contribution < 1.29 is 31.9 Å². The van der Waals surface area contributed by atoms with Crippen molar-refractivity contribution in [1.29, 1.82) is 0 Å². The van der Waals surface area contributed by atoms with E-state index in [1.807, 2.05) is 31.2 Å². The third-order valence-corrected chi connectivity index (χ3v) is 3.73. The van der Waals surface area contributed by atoms with E-state index in [2.05, 4.69) is 15.2 Å². The van der Waals surface area contributed by atoms with E-state index < -0.39 is 25.4 Å². The number of para-hydroxylation sites is 1. The fourth-order valence-electron chi connectivity index (χ4n) is 2.39. The van der Waals surface area contributed by atoms with Crippen molar-refractivity contribution in [2.24, 2.45) is 0 Å². The second-order valence-corrected chi connectivity index (χ2v) is 6.14.